The van der Waals surface area contributed by atoms with Crippen molar-refractivity contribution in [2.45, 2.75) is 25.9 Å². The Kier molecular flexibility index (Phi) is 1.64. The first kappa shape index (κ1) is 7.17. The average Bonchev–Trinajstić information content (AvgIpc) is 2.06. The zero-order chi connectivity index (χ0) is 7.84. The van der Waals surface area contributed by atoms with Gasteiger partial charge in [0.1, 0.15) is 0 Å². The first-order valence-corrected chi connectivity index (χ1v) is 4.41. The summed E-state index contributed by atoms with van der Waals surface area (Å²) < 4.78 is 0. The largest absolute Gasteiger partial charge is 0.389 e. The van der Waals surface area contributed by atoms with E-state index in [1.165, 1.54) is 31.5 Å². The molecule has 11 heavy (non-hydrogen) atoms. The second-order valence-electron chi connectivity index (χ2n) is 3.62. The maximum Gasteiger partial charge on any atom is 0.0741 e. The lowest BCUT2D eigenvalue weighted by Crippen LogP contribution is -2.38. The SMILES string of the molecule is CC(O)C1=CN2CCC1CC2. The van der Waals surface area contributed by atoms with Gasteiger partial charge >= 0.3 is 0 Å². The highest BCUT2D eigenvalue weighted by molar-refractivity contribution is 5.16. The highest BCUT2D eigenvalue weighted by Crippen LogP contribution is 2.32. The molecule has 0 amide bonds. The fourth-order valence-corrected chi connectivity index (χ4v) is 2.13. The summed E-state index contributed by atoms with van der Waals surface area (Å²) in [6, 6.07) is 0. The summed E-state index contributed by atoms with van der Waals surface area (Å²) in [5, 5.41) is 9.40. The molecule has 2 nitrogen and oxygen atoms in total. The Balaban J connectivity index is 2.20. The van der Waals surface area contributed by atoms with Gasteiger partial charge in [0.05, 0.1) is 6.10 Å². The molecule has 0 radical (unpaired) electrons. The molecule has 1 fully saturated rings. The predicted molar refractivity (Wildman–Crippen MR) is 44.1 cm³/mol. The lowest BCUT2D eigenvalue weighted by atomic mass is 9.83. The van der Waals surface area contributed by atoms with Crippen molar-refractivity contribution >= 4 is 0 Å². The van der Waals surface area contributed by atoms with Crippen LogP contribution in [-0.4, -0.2) is 29.2 Å². The molecule has 0 aromatic rings. The Labute approximate surface area is 67.5 Å². The Bertz CT molecular complexity index is 178. The Morgan fingerprint density at radius 1 is 1.55 bits per heavy atom. The van der Waals surface area contributed by atoms with Crippen molar-refractivity contribution in [1.82, 2.24) is 4.90 Å². The molecule has 0 aromatic heterocycles. The Morgan fingerprint density at radius 3 is 2.45 bits per heavy atom. The smallest absolute Gasteiger partial charge is 0.0741 e. The minimum absolute atomic E-state index is 0.233. The van der Waals surface area contributed by atoms with E-state index in [0.29, 0.717) is 5.92 Å². The number of hydrogen-bond donors (Lipinski definition) is 1. The number of rotatable bonds is 1. The number of nitrogens with zero attached hydrogens (tertiary/aromatic N) is 1. The van der Waals surface area contributed by atoms with E-state index >= 15 is 0 Å². The van der Waals surface area contributed by atoms with E-state index < -0.39 is 0 Å². The molecule has 0 aliphatic carbocycles. The third-order valence-electron chi connectivity index (χ3n) is 2.82. The van der Waals surface area contributed by atoms with Gasteiger partial charge in [-0.15, -0.1) is 0 Å². The number of aliphatic hydroxyl groups is 1. The standard InChI is InChI=1S/C9H15NO/c1-7(11)9-6-10-4-2-8(9)3-5-10/h6-8,11H,2-5H2,1H3. The van der Waals surface area contributed by atoms with Crippen LogP contribution >= 0.6 is 0 Å². The van der Waals surface area contributed by atoms with Crippen molar-refractivity contribution in [2.24, 2.45) is 5.92 Å². The zero-order valence-corrected chi connectivity index (χ0v) is 6.95. The van der Waals surface area contributed by atoms with E-state index in [-0.39, 0.29) is 6.10 Å². The molecule has 1 N–H and O–H groups in total. The van der Waals surface area contributed by atoms with E-state index in [1.54, 1.807) is 0 Å². The van der Waals surface area contributed by atoms with Crippen molar-refractivity contribution in [3.05, 3.63) is 11.8 Å². The number of hydrogen-bond acceptors (Lipinski definition) is 2. The monoisotopic (exact) mass is 153 g/mol. The van der Waals surface area contributed by atoms with Crippen LogP contribution in [0.15, 0.2) is 11.8 Å². The van der Waals surface area contributed by atoms with Gasteiger partial charge in [-0.05, 0) is 31.3 Å². The summed E-state index contributed by atoms with van der Waals surface area (Å²) in [6.45, 7) is 4.26. The number of piperidine rings is 1. The van der Waals surface area contributed by atoms with Crippen LogP contribution < -0.4 is 0 Å². The van der Waals surface area contributed by atoms with Crippen molar-refractivity contribution in [2.75, 3.05) is 13.1 Å². The fraction of sp³-hybridized carbons (Fsp3) is 0.778. The number of fused-ring (bicyclic) bond motifs is 2. The quantitative estimate of drug-likeness (QED) is 0.607. The predicted octanol–water partition coefficient (Wildman–Crippen LogP) is 0.977. The van der Waals surface area contributed by atoms with Crippen LogP contribution in [0.25, 0.3) is 0 Å². The molecule has 1 unspecified atom stereocenters. The molecule has 2 heteroatoms. The minimum Gasteiger partial charge on any atom is -0.389 e. The summed E-state index contributed by atoms with van der Waals surface area (Å²) in [5.41, 5.74) is 1.25. The summed E-state index contributed by atoms with van der Waals surface area (Å²) in [5.74, 6) is 0.681. The zero-order valence-electron chi connectivity index (χ0n) is 6.95. The van der Waals surface area contributed by atoms with Crippen LogP contribution in [0.2, 0.25) is 0 Å². The molecule has 62 valence electrons. The summed E-state index contributed by atoms with van der Waals surface area (Å²) >= 11 is 0. The van der Waals surface area contributed by atoms with Gasteiger partial charge < -0.3 is 10.0 Å². The first-order valence-electron chi connectivity index (χ1n) is 4.41. The Hall–Kier alpha value is -0.500. The van der Waals surface area contributed by atoms with E-state index in [2.05, 4.69) is 11.1 Å². The van der Waals surface area contributed by atoms with Crippen LogP contribution in [-0.2, 0) is 0 Å². The lowest BCUT2D eigenvalue weighted by molar-refractivity contribution is 0.162. The van der Waals surface area contributed by atoms with Gasteiger partial charge in [0.15, 0.2) is 0 Å². The van der Waals surface area contributed by atoms with Gasteiger partial charge in [-0.3, -0.25) is 0 Å². The maximum atomic E-state index is 9.40. The number of aliphatic hydroxyl groups excluding tert-OH is 1. The van der Waals surface area contributed by atoms with E-state index in [0.717, 1.165) is 0 Å². The molecule has 3 heterocycles. The summed E-state index contributed by atoms with van der Waals surface area (Å²) in [7, 11) is 0. The van der Waals surface area contributed by atoms with Gasteiger partial charge in [0.25, 0.3) is 0 Å². The van der Waals surface area contributed by atoms with Gasteiger partial charge in [0, 0.05) is 19.3 Å². The van der Waals surface area contributed by atoms with Gasteiger partial charge in [-0.2, -0.15) is 0 Å². The highest BCUT2D eigenvalue weighted by atomic mass is 16.3. The maximum absolute atomic E-state index is 9.40. The Morgan fingerprint density at radius 2 is 2.18 bits per heavy atom. The topological polar surface area (TPSA) is 23.5 Å². The third kappa shape index (κ3) is 1.16. The van der Waals surface area contributed by atoms with E-state index in [4.69, 9.17) is 0 Å². The molecule has 1 saturated heterocycles. The molecule has 1 atom stereocenters. The average molecular weight is 153 g/mol. The molecule has 3 aliphatic heterocycles. The highest BCUT2D eigenvalue weighted by Gasteiger charge is 2.28. The fourth-order valence-electron chi connectivity index (χ4n) is 2.13. The summed E-state index contributed by atoms with van der Waals surface area (Å²) in [4.78, 5) is 2.32. The molecule has 0 spiro atoms. The molecule has 2 bridgehead atoms. The second-order valence-corrected chi connectivity index (χ2v) is 3.62. The van der Waals surface area contributed by atoms with Crippen molar-refractivity contribution in [3.63, 3.8) is 0 Å². The minimum atomic E-state index is -0.233. The van der Waals surface area contributed by atoms with Crippen LogP contribution in [0.3, 0.4) is 0 Å². The van der Waals surface area contributed by atoms with Crippen LogP contribution in [0, 0.1) is 5.92 Å². The normalized spacial score (nSPS) is 27.1. The summed E-state index contributed by atoms with van der Waals surface area (Å²) in [6.07, 6.45) is 4.42. The van der Waals surface area contributed by atoms with Crippen molar-refractivity contribution in [3.8, 4) is 0 Å². The van der Waals surface area contributed by atoms with Gasteiger partial charge in [0.2, 0.25) is 0 Å². The molecular weight excluding hydrogens is 138 g/mol. The van der Waals surface area contributed by atoms with Gasteiger partial charge in [-0.1, -0.05) is 0 Å². The van der Waals surface area contributed by atoms with Gasteiger partial charge in [-0.25, -0.2) is 0 Å². The van der Waals surface area contributed by atoms with Crippen LogP contribution in [0.4, 0.5) is 0 Å². The molecule has 0 saturated carbocycles. The third-order valence-corrected chi connectivity index (χ3v) is 2.82. The van der Waals surface area contributed by atoms with Crippen LogP contribution in [0.1, 0.15) is 19.8 Å². The second kappa shape index (κ2) is 2.52. The molecular formula is C9H15NO. The van der Waals surface area contributed by atoms with Crippen molar-refractivity contribution < 1.29 is 5.11 Å². The van der Waals surface area contributed by atoms with Crippen LogP contribution in [0.5, 0.6) is 0 Å². The molecule has 0 aromatic carbocycles. The lowest BCUT2D eigenvalue weighted by Gasteiger charge is -2.40. The first-order chi connectivity index (χ1) is 5.27. The van der Waals surface area contributed by atoms with E-state index in [9.17, 15) is 5.11 Å². The van der Waals surface area contributed by atoms with E-state index in [1.807, 2.05) is 6.92 Å². The molecule has 3 rings (SSSR count). The van der Waals surface area contributed by atoms with Crippen molar-refractivity contribution in [1.29, 1.82) is 0 Å². The molecule has 3 aliphatic rings.